The molecule has 0 amide bonds. The maximum Gasteiger partial charge on any atom is 0.282 e. The lowest BCUT2D eigenvalue weighted by molar-refractivity contribution is 0.367. The molecule has 0 bridgehead atoms. The maximum atomic E-state index is 12.6. The molecule has 118 valence electrons. The van der Waals surface area contributed by atoms with Gasteiger partial charge in [-0.25, -0.2) is 0 Å². The Balaban J connectivity index is 2.08. The van der Waals surface area contributed by atoms with Crippen LogP contribution in [0.4, 0.5) is 0 Å². The summed E-state index contributed by atoms with van der Waals surface area (Å²) in [5.41, 5.74) is 0.911. The quantitative estimate of drug-likeness (QED) is 0.868. The van der Waals surface area contributed by atoms with E-state index in [1.165, 1.54) is 4.31 Å². The average Bonchev–Trinajstić information content (AvgIpc) is 2.77. The monoisotopic (exact) mass is 313 g/mol. The minimum absolute atomic E-state index is 0.337. The summed E-state index contributed by atoms with van der Waals surface area (Å²) < 4.78 is 33.3. The number of benzene rings is 1. The molecule has 0 radical (unpaired) electrons. The van der Waals surface area contributed by atoms with Gasteiger partial charge in [0.1, 0.15) is 5.75 Å². The first-order valence-corrected chi connectivity index (χ1v) is 8.49. The van der Waals surface area contributed by atoms with Crippen molar-refractivity contribution in [3.8, 4) is 5.75 Å². The van der Waals surface area contributed by atoms with Crippen molar-refractivity contribution in [2.24, 2.45) is 0 Å². The second-order valence-electron chi connectivity index (χ2n) is 5.12. The lowest BCUT2D eigenvalue weighted by Crippen LogP contribution is -2.43. The first-order chi connectivity index (χ1) is 10.0. The third-order valence-corrected chi connectivity index (χ3v) is 5.49. The normalized spacial score (nSPS) is 17.7. The Kier molecular flexibility index (Phi) is 5.58. The Labute approximate surface area is 126 Å². The van der Waals surface area contributed by atoms with Crippen LogP contribution in [0, 0.1) is 0 Å². The molecule has 0 unspecified atom stereocenters. The van der Waals surface area contributed by atoms with Gasteiger partial charge in [0.05, 0.1) is 7.11 Å². The molecule has 0 spiro atoms. The van der Waals surface area contributed by atoms with E-state index in [4.69, 9.17) is 4.74 Å². The number of methoxy groups -OCH3 is 1. The highest BCUT2D eigenvalue weighted by Crippen LogP contribution is 2.17. The lowest BCUT2D eigenvalue weighted by atomic mass is 10.2. The van der Waals surface area contributed by atoms with Gasteiger partial charge >= 0.3 is 0 Å². The second kappa shape index (κ2) is 7.22. The van der Waals surface area contributed by atoms with Gasteiger partial charge in [0.25, 0.3) is 10.2 Å². The smallest absolute Gasteiger partial charge is 0.282 e. The molecule has 0 aliphatic carbocycles. The Bertz CT molecular complexity index is 554. The summed E-state index contributed by atoms with van der Waals surface area (Å²) in [6.07, 6.45) is 0.840. The molecule has 1 aromatic rings. The Morgan fingerprint density at radius 2 is 2.14 bits per heavy atom. The summed E-state index contributed by atoms with van der Waals surface area (Å²) in [6, 6.07) is 7.47. The first kappa shape index (κ1) is 16.2. The van der Waals surface area contributed by atoms with E-state index >= 15 is 0 Å². The van der Waals surface area contributed by atoms with Crippen molar-refractivity contribution < 1.29 is 13.2 Å². The van der Waals surface area contributed by atoms with Gasteiger partial charge in [-0.2, -0.15) is 17.0 Å². The van der Waals surface area contributed by atoms with Crippen LogP contribution < -0.4 is 10.1 Å². The van der Waals surface area contributed by atoms with E-state index in [9.17, 15) is 8.42 Å². The van der Waals surface area contributed by atoms with Gasteiger partial charge in [0, 0.05) is 33.2 Å². The van der Waals surface area contributed by atoms with Gasteiger partial charge in [0.2, 0.25) is 0 Å². The molecule has 1 aromatic carbocycles. The van der Waals surface area contributed by atoms with E-state index in [0.717, 1.165) is 24.3 Å². The van der Waals surface area contributed by atoms with Gasteiger partial charge in [-0.05, 0) is 30.7 Å². The molecule has 1 aliphatic rings. The van der Waals surface area contributed by atoms with Crippen molar-refractivity contribution in [1.82, 2.24) is 13.9 Å². The summed E-state index contributed by atoms with van der Waals surface area (Å²) in [7, 11) is -0.198. The highest BCUT2D eigenvalue weighted by atomic mass is 32.2. The van der Waals surface area contributed by atoms with Crippen molar-refractivity contribution in [1.29, 1.82) is 0 Å². The van der Waals surface area contributed by atoms with Crippen LogP contribution in [0.1, 0.15) is 12.0 Å². The first-order valence-electron chi connectivity index (χ1n) is 7.09. The van der Waals surface area contributed by atoms with Crippen molar-refractivity contribution in [2.75, 3.05) is 40.3 Å². The molecule has 1 fully saturated rings. The molecule has 1 aliphatic heterocycles. The summed E-state index contributed by atoms with van der Waals surface area (Å²) in [5, 5.41) is 3.21. The van der Waals surface area contributed by atoms with Crippen LogP contribution in [-0.2, 0) is 16.8 Å². The van der Waals surface area contributed by atoms with Gasteiger partial charge in [-0.15, -0.1) is 0 Å². The summed E-state index contributed by atoms with van der Waals surface area (Å²) in [4.78, 5) is 0. The van der Waals surface area contributed by atoms with Crippen LogP contribution in [0.2, 0.25) is 0 Å². The molecule has 1 heterocycles. The molecule has 7 heteroatoms. The van der Waals surface area contributed by atoms with Gasteiger partial charge < -0.3 is 10.1 Å². The molecule has 1 N–H and O–H groups in total. The van der Waals surface area contributed by atoms with E-state index in [1.807, 2.05) is 24.3 Å². The van der Waals surface area contributed by atoms with Crippen LogP contribution in [0.5, 0.6) is 5.75 Å². The molecule has 0 atom stereocenters. The number of ether oxygens (including phenoxy) is 1. The third kappa shape index (κ3) is 4.16. The summed E-state index contributed by atoms with van der Waals surface area (Å²) >= 11 is 0. The van der Waals surface area contributed by atoms with Crippen LogP contribution in [0.3, 0.4) is 0 Å². The maximum absolute atomic E-state index is 12.6. The second-order valence-corrected chi connectivity index (χ2v) is 7.15. The van der Waals surface area contributed by atoms with Crippen molar-refractivity contribution in [3.05, 3.63) is 29.8 Å². The molecule has 1 saturated heterocycles. The predicted molar refractivity (Wildman–Crippen MR) is 82.4 cm³/mol. The topological polar surface area (TPSA) is 61.9 Å². The van der Waals surface area contributed by atoms with Gasteiger partial charge in [-0.1, -0.05) is 12.1 Å². The Morgan fingerprint density at radius 3 is 2.90 bits per heavy atom. The molecule has 0 saturated carbocycles. The largest absolute Gasteiger partial charge is 0.497 e. The number of nitrogens with one attached hydrogen (secondary N) is 1. The highest BCUT2D eigenvalue weighted by Gasteiger charge is 2.27. The third-order valence-electron chi connectivity index (χ3n) is 3.56. The zero-order chi connectivity index (χ0) is 15.3. The number of hydrogen-bond donors (Lipinski definition) is 1. The Morgan fingerprint density at radius 1 is 1.33 bits per heavy atom. The van der Waals surface area contributed by atoms with Crippen LogP contribution in [0.25, 0.3) is 0 Å². The fourth-order valence-electron chi connectivity index (χ4n) is 2.36. The van der Waals surface area contributed by atoms with E-state index < -0.39 is 10.2 Å². The number of nitrogens with zero attached hydrogens (tertiary/aromatic N) is 2. The zero-order valence-electron chi connectivity index (χ0n) is 12.6. The molecule has 21 heavy (non-hydrogen) atoms. The predicted octanol–water partition coefficient (Wildman–Crippen LogP) is 0.667. The highest BCUT2D eigenvalue weighted by molar-refractivity contribution is 7.86. The minimum atomic E-state index is -3.42. The fourth-order valence-corrected chi connectivity index (χ4v) is 3.75. The van der Waals surface area contributed by atoms with E-state index in [-0.39, 0.29) is 0 Å². The van der Waals surface area contributed by atoms with Crippen LogP contribution in [0.15, 0.2) is 24.3 Å². The summed E-state index contributed by atoms with van der Waals surface area (Å²) in [5.74, 6) is 0.734. The van der Waals surface area contributed by atoms with E-state index in [2.05, 4.69) is 5.32 Å². The van der Waals surface area contributed by atoms with Crippen molar-refractivity contribution in [2.45, 2.75) is 13.0 Å². The SMILES string of the molecule is COc1cccc(CN(C)S(=O)(=O)N2CCCNCC2)c1. The van der Waals surface area contributed by atoms with E-state index in [0.29, 0.717) is 26.2 Å². The molecule has 6 nitrogen and oxygen atoms in total. The van der Waals surface area contributed by atoms with Crippen molar-refractivity contribution in [3.63, 3.8) is 0 Å². The number of hydrogen-bond acceptors (Lipinski definition) is 4. The van der Waals surface area contributed by atoms with Gasteiger partial charge in [0.15, 0.2) is 0 Å². The molecule has 0 aromatic heterocycles. The van der Waals surface area contributed by atoms with E-state index in [1.54, 1.807) is 18.5 Å². The number of rotatable bonds is 5. The van der Waals surface area contributed by atoms with Crippen LogP contribution in [-0.4, -0.2) is 57.4 Å². The Hall–Kier alpha value is -1.15. The molecular weight excluding hydrogens is 290 g/mol. The van der Waals surface area contributed by atoms with Gasteiger partial charge in [-0.3, -0.25) is 0 Å². The average molecular weight is 313 g/mol. The minimum Gasteiger partial charge on any atom is -0.497 e. The standard InChI is InChI=1S/C14H23N3O3S/c1-16(12-13-5-3-6-14(11-13)20-2)21(18,19)17-9-4-7-15-8-10-17/h3,5-6,11,15H,4,7-10,12H2,1-2H3. The summed E-state index contributed by atoms with van der Waals surface area (Å²) in [6.45, 7) is 2.99. The van der Waals surface area contributed by atoms with Crippen LogP contribution >= 0.6 is 0 Å². The molecule has 2 rings (SSSR count). The fraction of sp³-hybridized carbons (Fsp3) is 0.571. The lowest BCUT2D eigenvalue weighted by Gasteiger charge is -2.26. The van der Waals surface area contributed by atoms with Crippen molar-refractivity contribution >= 4 is 10.2 Å². The zero-order valence-corrected chi connectivity index (χ0v) is 13.4. The molecular formula is C14H23N3O3S.